The molecule has 0 aliphatic heterocycles. The van der Waals surface area contributed by atoms with E-state index in [4.69, 9.17) is 5.73 Å². The summed E-state index contributed by atoms with van der Waals surface area (Å²) in [7, 11) is 0. The quantitative estimate of drug-likeness (QED) is 0.473. The molecule has 0 aliphatic carbocycles. The number of anilines is 1. The largest absolute Gasteiger partial charge is 0.418 e. The number of nitrogens with two attached hydrogens (primary N) is 1. The zero-order valence-electron chi connectivity index (χ0n) is 10.5. The second-order valence-corrected chi connectivity index (χ2v) is 5.28. The van der Waals surface area contributed by atoms with Crippen LogP contribution in [0.25, 0.3) is 0 Å². The number of alkyl halides is 10. The number of hydrogen-bond acceptors (Lipinski definition) is 1. The lowest BCUT2D eigenvalue weighted by molar-refractivity contribution is -0.300. The molecule has 1 unspecified atom stereocenters. The Labute approximate surface area is 130 Å². The zero-order chi connectivity index (χ0) is 18.4. The van der Waals surface area contributed by atoms with Gasteiger partial charge in [0.05, 0.1) is 11.3 Å². The first-order chi connectivity index (χ1) is 10.1. The third kappa shape index (κ3) is 4.42. The molecule has 0 amide bonds. The summed E-state index contributed by atoms with van der Waals surface area (Å²) < 4.78 is 126. The fraction of sp³-hybridized carbons (Fsp3) is 0.455. The van der Waals surface area contributed by atoms with Crippen molar-refractivity contribution in [2.75, 3.05) is 5.73 Å². The molecule has 132 valence electrons. The van der Waals surface area contributed by atoms with Gasteiger partial charge in [0.25, 0.3) is 0 Å². The Morgan fingerprint density at radius 1 is 0.870 bits per heavy atom. The van der Waals surface area contributed by atoms with Gasteiger partial charge in [-0.1, -0.05) is 0 Å². The summed E-state index contributed by atoms with van der Waals surface area (Å²) in [5.41, 5.74) is 0.880. The highest BCUT2D eigenvalue weighted by Crippen LogP contribution is 2.49. The van der Waals surface area contributed by atoms with Crippen molar-refractivity contribution in [3.05, 3.63) is 27.7 Å². The highest BCUT2D eigenvalue weighted by atomic mass is 79.9. The van der Waals surface area contributed by atoms with Gasteiger partial charge in [-0.2, -0.15) is 39.5 Å². The van der Waals surface area contributed by atoms with Crippen LogP contribution in [0.3, 0.4) is 0 Å². The zero-order valence-corrected chi connectivity index (χ0v) is 12.1. The summed E-state index contributed by atoms with van der Waals surface area (Å²) in [5, 5.41) is 0. The summed E-state index contributed by atoms with van der Waals surface area (Å²) in [6.07, 6.45) is -21.0. The van der Waals surface area contributed by atoms with E-state index in [1.807, 2.05) is 0 Å². The van der Waals surface area contributed by atoms with Gasteiger partial charge in [0.15, 0.2) is 5.92 Å². The molecule has 1 atom stereocenters. The van der Waals surface area contributed by atoms with Crippen LogP contribution in [0.1, 0.15) is 17.3 Å². The van der Waals surface area contributed by atoms with Crippen LogP contribution < -0.4 is 5.73 Å². The molecule has 0 spiro atoms. The Morgan fingerprint density at radius 2 is 1.30 bits per heavy atom. The Balaban J connectivity index is 3.48. The fourth-order valence-electron chi connectivity index (χ4n) is 1.74. The third-order valence-corrected chi connectivity index (χ3v) is 3.43. The van der Waals surface area contributed by atoms with Crippen LogP contribution >= 0.6 is 15.9 Å². The van der Waals surface area contributed by atoms with Crippen molar-refractivity contribution in [1.82, 2.24) is 0 Å². The summed E-state index contributed by atoms with van der Waals surface area (Å²) in [5.74, 6) is -4.47. The molecule has 0 bridgehead atoms. The predicted molar refractivity (Wildman–Crippen MR) is 63.0 cm³/mol. The normalized spacial score (nSPS) is 15.1. The Morgan fingerprint density at radius 3 is 1.65 bits per heavy atom. The van der Waals surface area contributed by atoms with E-state index in [1.165, 1.54) is 0 Å². The molecular formula is C11H6BrF10N. The minimum absolute atomic E-state index is 0.171. The van der Waals surface area contributed by atoms with Crippen molar-refractivity contribution in [3.8, 4) is 0 Å². The van der Waals surface area contributed by atoms with Crippen LogP contribution in [0.2, 0.25) is 0 Å². The molecule has 1 rings (SSSR count). The van der Waals surface area contributed by atoms with E-state index in [2.05, 4.69) is 15.9 Å². The molecule has 0 saturated carbocycles. The Hall–Kier alpha value is -1.20. The number of nitrogen functional groups attached to an aromatic ring is 1. The minimum atomic E-state index is -6.04. The highest BCUT2D eigenvalue weighted by molar-refractivity contribution is 9.10. The average molecular weight is 422 g/mol. The first-order valence-electron chi connectivity index (χ1n) is 5.50. The van der Waals surface area contributed by atoms with E-state index in [0.717, 1.165) is 0 Å². The maximum absolute atomic E-state index is 13.8. The van der Waals surface area contributed by atoms with Gasteiger partial charge < -0.3 is 5.73 Å². The average Bonchev–Trinajstić information content (AvgIpc) is 2.26. The molecule has 12 heteroatoms. The third-order valence-electron chi connectivity index (χ3n) is 2.77. The molecule has 1 nitrogen and oxygen atoms in total. The van der Waals surface area contributed by atoms with Crippen LogP contribution in [0.5, 0.6) is 0 Å². The molecule has 0 fully saturated rings. The van der Waals surface area contributed by atoms with Crippen LogP contribution in [-0.4, -0.2) is 12.4 Å². The molecule has 1 aromatic carbocycles. The number of hydrogen-bond donors (Lipinski definition) is 1. The monoisotopic (exact) mass is 421 g/mol. The summed E-state index contributed by atoms with van der Waals surface area (Å²) in [6.45, 7) is 0. The van der Waals surface area contributed by atoms with E-state index < -0.39 is 51.9 Å². The first kappa shape index (κ1) is 19.8. The predicted octanol–water partition coefficient (Wildman–Crippen LogP) is 5.80. The lowest BCUT2D eigenvalue weighted by atomic mass is 9.94. The van der Waals surface area contributed by atoms with Gasteiger partial charge in [0.2, 0.25) is 0 Å². The Bertz CT molecular complexity index is 560. The van der Waals surface area contributed by atoms with E-state index in [-0.39, 0.29) is 6.07 Å². The van der Waals surface area contributed by atoms with Crippen LogP contribution in [-0.2, 0) is 6.18 Å². The molecule has 1 aromatic rings. The topological polar surface area (TPSA) is 26.0 Å². The van der Waals surface area contributed by atoms with Crippen molar-refractivity contribution in [1.29, 1.82) is 0 Å². The number of rotatable bonds is 2. The summed E-state index contributed by atoms with van der Waals surface area (Å²) in [4.78, 5) is 0. The van der Waals surface area contributed by atoms with E-state index in [1.54, 1.807) is 0 Å². The molecule has 0 saturated heterocycles. The van der Waals surface area contributed by atoms with E-state index in [0.29, 0.717) is 6.07 Å². The van der Waals surface area contributed by atoms with Crippen LogP contribution in [0.15, 0.2) is 16.6 Å². The summed E-state index contributed by atoms with van der Waals surface area (Å²) >= 11 is 2.45. The van der Waals surface area contributed by atoms with Gasteiger partial charge in [0.1, 0.15) is 6.17 Å². The summed E-state index contributed by atoms with van der Waals surface area (Å²) in [6, 6.07) is 0.176. The van der Waals surface area contributed by atoms with Crippen molar-refractivity contribution < 1.29 is 43.9 Å². The maximum atomic E-state index is 13.8. The minimum Gasteiger partial charge on any atom is -0.397 e. The second kappa shape index (κ2) is 6.02. The van der Waals surface area contributed by atoms with Crippen molar-refractivity contribution in [3.63, 3.8) is 0 Å². The molecule has 0 aromatic heterocycles. The highest BCUT2D eigenvalue weighted by Gasteiger charge is 2.61. The van der Waals surface area contributed by atoms with Crippen LogP contribution in [0.4, 0.5) is 49.6 Å². The second-order valence-electron chi connectivity index (χ2n) is 4.42. The van der Waals surface area contributed by atoms with Gasteiger partial charge in [-0.25, -0.2) is 4.39 Å². The lowest BCUT2D eigenvalue weighted by Gasteiger charge is -2.26. The van der Waals surface area contributed by atoms with Crippen molar-refractivity contribution in [2.45, 2.75) is 24.7 Å². The van der Waals surface area contributed by atoms with Crippen molar-refractivity contribution >= 4 is 21.6 Å². The SMILES string of the molecule is Nc1c(Br)cc(C(F)C(C(F)(F)F)C(F)(F)F)cc1C(F)(F)F. The molecule has 23 heavy (non-hydrogen) atoms. The van der Waals surface area contributed by atoms with E-state index in [9.17, 15) is 43.9 Å². The van der Waals surface area contributed by atoms with Gasteiger partial charge in [-0.3, -0.25) is 0 Å². The van der Waals surface area contributed by atoms with Gasteiger partial charge in [-0.15, -0.1) is 0 Å². The molecule has 0 radical (unpaired) electrons. The smallest absolute Gasteiger partial charge is 0.397 e. The van der Waals surface area contributed by atoms with Crippen LogP contribution in [0, 0.1) is 5.92 Å². The molecular weight excluding hydrogens is 416 g/mol. The number of halogens is 11. The molecule has 0 heterocycles. The fourth-order valence-corrected chi connectivity index (χ4v) is 2.22. The Kier molecular flexibility index (Phi) is 5.20. The maximum Gasteiger partial charge on any atom is 0.418 e. The lowest BCUT2D eigenvalue weighted by Crippen LogP contribution is -2.39. The number of benzene rings is 1. The van der Waals surface area contributed by atoms with Gasteiger partial charge in [-0.05, 0) is 33.6 Å². The van der Waals surface area contributed by atoms with Gasteiger partial charge in [0, 0.05) is 4.47 Å². The van der Waals surface area contributed by atoms with Gasteiger partial charge >= 0.3 is 18.5 Å². The molecule has 0 aliphatic rings. The first-order valence-corrected chi connectivity index (χ1v) is 6.29. The van der Waals surface area contributed by atoms with Crippen molar-refractivity contribution in [2.24, 2.45) is 5.92 Å². The standard InChI is InChI=1S/C11H6BrF10N/c12-5-2-3(1-4(7(5)23)9(14,15)16)6(13)8(10(17,18)19)11(20,21)22/h1-2,6,8H,23H2. The van der Waals surface area contributed by atoms with E-state index >= 15 is 0 Å². The molecule has 2 N–H and O–H groups in total.